The first-order valence-electron chi connectivity index (χ1n) is 8.45. The summed E-state index contributed by atoms with van der Waals surface area (Å²) in [6.07, 6.45) is 0.0859. The van der Waals surface area contributed by atoms with E-state index in [1.54, 1.807) is 31.2 Å². The van der Waals surface area contributed by atoms with Gasteiger partial charge in [-0.15, -0.1) is 0 Å². The molecule has 3 rings (SSSR count). The number of nitrogens with zero attached hydrogens (tertiary/aromatic N) is 2. The van der Waals surface area contributed by atoms with Gasteiger partial charge in [-0.3, -0.25) is 4.79 Å². The van der Waals surface area contributed by atoms with Crippen LogP contribution >= 0.6 is 0 Å². The first-order chi connectivity index (χ1) is 12.9. The van der Waals surface area contributed by atoms with Gasteiger partial charge in [-0.25, -0.2) is 14.4 Å². The fourth-order valence-corrected chi connectivity index (χ4v) is 2.48. The Morgan fingerprint density at radius 2 is 1.85 bits per heavy atom. The molecule has 1 aromatic heterocycles. The normalized spacial score (nSPS) is 13.2. The molecule has 0 saturated heterocycles. The Labute approximate surface area is 155 Å². The molecule has 27 heavy (non-hydrogen) atoms. The second-order valence-corrected chi connectivity index (χ2v) is 6.21. The van der Waals surface area contributed by atoms with E-state index in [0.717, 1.165) is 0 Å². The Kier molecular flexibility index (Phi) is 5.61. The average molecular weight is 370 g/mol. The van der Waals surface area contributed by atoms with E-state index in [9.17, 15) is 14.3 Å². The van der Waals surface area contributed by atoms with Gasteiger partial charge in [-0.2, -0.15) is 0 Å². The van der Waals surface area contributed by atoms with E-state index in [-0.39, 0.29) is 23.9 Å². The van der Waals surface area contributed by atoms with Crippen LogP contribution in [0.1, 0.15) is 20.3 Å². The Morgan fingerprint density at radius 1 is 1.15 bits per heavy atom. The van der Waals surface area contributed by atoms with Crippen LogP contribution in [0.15, 0.2) is 48.7 Å². The number of aliphatic hydroxyl groups excluding tert-OH is 1. The summed E-state index contributed by atoms with van der Waals surface area (Å²) in [5.74, 6) is 0.880. The van der Waals surface area contributed by atoms with Crippen molar-refractivity contribution in [3.63, 3.8) is 0 Å². The number of halogens is 1. The quantitative estimate of drug-likeness (QED) is 0.683. The summed E-state index contributed by atoms with van der Waals surface area (Å²) in [7, 11) is 0. The molecule has 3 aromatic rings. The highest BCUT2D eigenvalue weighted by molar-refractivity contribution is 5.76. The van der Waals surface area contributed by atoms with Crippen LogP contribution in [0, 0.1) is 5.82 Å². The number of fused-ring (bicyclic) bond motifs is 1. The van der Waals surface area contributed by atoms with E-state index in [2.05, 4.69) is 9.97 Å². The van der Waals surface area contributed by atoms with Crippen LogP contribution in [0.25, 0.3) is 11.0 Å². The summed E-state index contributed by atoms with van der Waals surface area (Å²) in [4.78, 5) is 19.5. The van der Waals surface area contributed by atoms with Crippen molar-refractivity contribution in [1.29, 1.82) is 0 Å². The number of benzene rings is 2. The Morgan fingerprint density at radius 3 is 2.56 bits per heavy atom. The molecule has 0 aliphatic heterocycles. The van der Waals surface area contributed by atoms with Gasteiger partial charge in [0, 0.05) is 12.5 Å². The van der Waals surface area contributed by atoms with Crippen LogP contribution in [0.5, 0.6) is 17.4 Å². The predicted octanol–water partition coefficient (Wildman–Crippen LogP) is 3.67. The van der Waals surface area contributed by atoms with Crippen LogP contribution in [0.3, 0.4) is 0 Å². The first kappa shape index (κ1) is 18.7. The van der Waals surface area contributed by atoms with Gasteiger partial charge in [0.2, 0.25) is 5.88 Å². The number of carbonyl (C=O) groups excluding carboxylic acids is 1. The number of aromatic nitrogens is 2. The molecule has 0 aliphatic rings. The molecule has 140 valence electrons. The minimum absolute atomic E-state index is 0.0485. The third-order valence-corrected chi connectivity index (χ3v) is 3.89. The number of carbonyl (C=O) groups is 1. The molecule has 1 heterocycles. The van der Waals surface area contributed by atoms with Gasteiger partial charge in [-0.05, 0) is 50.2 Å². The van der Waals surface area contributed by atoms with Crippen molar-refractivity contribution < 1.29 is 23.8 Å². The summed E-state index contributed by atoms with van der Waals surface area (Å²) >= 11 is 0. The molecular formula is C20H19FN2O4. The fraction of sp³-hybridized carbons (Fsp3) is 0.250. The molecule has 2 atom stereocenters. The number of hydrogen-bond acceptors (Lipinski definition) is 6. The zero-order valence-corrected chi connectivity index (χ0v) is 14.9. The van der Waals surface area contributed by atoms with Gasteiger partial charge in [-0.1, -0.05) is 0 Å². The van der Waals surface area contributed by atoms with Crippen LogP contribution in [0.2, 0.25) is 0 Å². The lowest BCUT2D eigenvalue weighted by Gasteiger charge is -2.19. The second-order valence-electron chi connectivity index (χ2n) is 6.21. The monoisotopic (exact) mass is 370 g/mol. The molecule has 1 N–H and O–H groups in total. The average Bonchev–Trinajstić information content (AvgIpc) is 2.63. The predicted molar refractivity (Wildman–Crippen MR) is 97.4 cm³/mol. The molecule has 0 fully saturated rings. The lowest BCUT2D eigenvalue weighted by molar-refractivity contribution is -0.120. The molecule has 7 heteroatoms. The van der Waals surface area contributed by atoms with Crippen molar-refractivity contribution in [2.45, 2.75) is 32.5 Å². The van der Waals surface area contributed by atoms with E-state index < -0.39 is 12.2 Å². The van der Waals surface area contributed by atoms with Crippen LogP contribution in [-0.2, 0) is 4.79 Å². The summed E-state index contributed by atoms with van der Waals surface area (Å²) in [6, 6.07) is 10.9. The smallest absolute Gasteiger partial charge is 0.238 e. The fourth-order valence-electron chi connectivity index (χ4n) is 2.48. The van der Waals surface area contributed by atoms with E-state index in [4.69, 9.17) is 9.47 Å². The highest BCUT2D eigenvalue weighted by Crippen LogP contribution is 2.24. The lowest BCUT2D eigenvalue weighted by Crippen LogP contribution is -2.30. The van der Waals surface area contributed by atoms with Crippen LogP contribution in [-0.4, -0.2) is 33.1 Å². The van der Waals surface area contributed by atoms with Gasteiger partial charge in [0.15, 0.2) is 0 Å². The largest absolute Gasteiger partial charge is 0.488 e. The number of rotatable bonds is 7. The van der Waals surface area contributed by atoms with Gasteiger partial charge < -0.3 is 14.6 Å². The number of Topliss-reactive ketones (excluding diaryl/α,β-unsaturated/α-hetero) is 1. The summed E-state index contributed by atoms with van der Waals surface area (Å²) in [6.45, 7) is 3.12. The minimum Gasteiger partial charge on any atom is -0.488 e. The lowest BCUT2D eigenvalue weighted by atomic mass is 10.1. The Balaban J connectivity index is 1.65. The molecule has 6 nitrogen and oxygen atoms in total. The standard InChI is InChI=1S/C20H19FN2O4/c1-12(24)9-19(25)13(2)26-15-4-6-16(7-5-15)27-20-11-22-18-10-14(21)3-8-17(18)23-20/h3-8,10-11,13,19,25H,9H2,1-2H3. The molecule has 0 aliphatic carbocycles. The third kappa shape index (κ3) is 4.98. The van der Waals surface area contributed by atoms with Gasteiger partial charge in [0.05, 0.1) is 23.3 Å². The number of ketones is 1. The SMILES string of the molecule is CC(=O)CC(O)C(C)Oc1ccc(Oc2cnc3cc(F)ccc3n2)cc1. The highest BCUT2D eigenvalue weighted by Gasteiger charge is 2.17. The Hall–Kier alpha value is -3.06. The third-order valence-electron chi connectivity index (χ3n) is 3.89. The van der Waals surface area contributed by atoms with Crippen LogP contribution in [0.4, 0.5) is 4.39 Å². The molecule has 0 spiro atoms. The molecule has 0 radical (unpaired) electrons. The van der Waals surface area contributed by atoms with E-state index >= 15 is 0 Å². The molecule has 2 unspecified atom stereocenters. The molecular weight excluding hydrogens is 351 g/mol. The van der Waals surface area contributed by atoms with Crippen molar-refractivity contribution in [1.82, 2.24) is 9.97 Å². The highest BCUT2D eigenvalue weighted by atomic mass is 19.1. The second kappa shape index (κ2) is 8.09. The summed E-state index contributed by atoms with van der Waals surface area (Å²) in [5, 5.41) is 9.89. The Bertz CT molecular complexity index is 946. The minimum atomic E-state index is -0.865. The van der Waals surface area contributed by atoms with Crippen molar-refractivity contribution in [2.75, 3.05) is 0 Å². The zero-order chi connectivity index (χ0) is 19.4. The van der Waals surface area contributed by atoms with Gasteiger partial charge in [0.25, 0.3) is 0 Å². The summed E-state index contributed by atoms with van der Waals surface area (Å²) < 4.78 is 24.5. The maximum atomic E-state index is 13.2. The van der Waals surface area contributed by atoms with Crippen LogP contribution < -0.4 is 9.47 Å². The van der Waals surface area contributed by atoms with Crippen molar-refractivity contribution in [2.24, 2.45) is 0 Å². The molecule has 0 saturated carbocycles. The molecule has 0 amide bonds. The number of hydrogen-bond donors (Lipinski definition) is 1. The molecule has 0 bridgehead atoms. The van der Waals surface area contributed by atoms with E-state index in [0.29, 0.717) is 22.5 Å². The maximum absolute atomic E-state index is 13.2. The van der Waals surface area contributed by atoms with E-state index in [1.807, 2.05) is 0 Å². The number of ether oxygens (including phenoxy) is 2. The van der Waals surface area contributed by atoms with Gasteiger partial charge in [0.1, 0.15) is 29.2 Å². The van der Waals surface area contributed by atoms with Gasteiger partial charge >= 0.3 is 0 Å². The zero-order valence-electron chi connectivity index (χ0n) is 14.9. The topological polar surface area (TPSA) is 81.5 Å². The van der Waals surface area contributed by atoms with Crippen molar-refractivity contribution >= 4 is 16.8 Å². The molecule has 2 aromatic carbocycles. The van der Waals surface area contributed by atoms with Crippen molar-refractivity contribution in [3.8, 4) is 17.4 Å². The summed E-state index contributed by atoms with van der Waals surface area (Å²) in [5.41, 5.74) is 0.978. The maximum Gasteiger partial charge on any atom is 0.238 e. The van der Waals surface area contributed by atoms with E-state index in [1.165, 1.54) is 31.3 Å². The van der Waals surface area contributed by atoms with Crippen molar-refractivity contribution in [3.05, 3.63) is 54.5 Å². The number of aliphatic hydroxyl groups is 1. The first-order valence-corrected chi connectivity index (χ1v) is 8.45.